The van der Waals surface area contributed by atoms with Crippen LogP contribution in [0.3, 0.4) is 0 Å². The standard InChI is InChI=1S/C16H17N3O/c20-10-14-15(18-16-17-7-2-8-19(14)16)13-6-5-11-3-1-4-12(11)9-13/h5-6,9-10H,1-4,7-8H2,(H,17,18). The van der Waals surface area contributed by atoms with Gasteiger partial charge >= 0.3 is 0 Å². The Bertz CT molecular complexity index is 687. The second-order valence-corrected chi connectivity index (χ2v) is 5.56. The highest BCUT2D eigenvalue weighted by atomic mass is 16.1. The molecule has 2 aromatic rings. The summed E-state index contributed by atoms with van der Waals surface area (Å²) in [5.74, 6) is 0.828. The van der Waals surface area contributed by atoms with Gasteiger partial charge in [0.15, 0.2) is 6.29 Å². The van der Waals surface area contributed by atoms with Crippen LogP contribution in [0.1, 0.15) is 34.5 Å². The number of nitrogens with one attached hydrogen (secondary N) is 1. The number of rotatable bonds is 2. The van der Waals surface area contributed by atoms with Gasteiger partial charge in [-0.15, -0.1) is 0 Å². The van der Waals surface area contributed by atoms with E-state index in [1.807, 2.05) is 4.57 Å². The predicted molar refractivity (Wildman–Crippen MR) is 78.2 cm³/mol. The van der Waals surface area contributed by atoms with Gasteiger partial charge in [0.25, 0.3) is 0 Å². The van der Waals surface area contributed by atoms with Crippen LogP contribution >= 0.6 is 0 Å². The summed E-state index contributed by atoms with van der Waals surface area (Å²) in [5.41, 5.74) is 5.45. The molecule has 0 saturated carbocycles. The third-order valence-corrected chi connectivity index (χ3v) is 4.33. The molecular formula is C16H17N3O. The minimum atomic E-state index is 0.699. The van der Waals surface area contributed by atoms with Crippen molar-refractivity contribution in [2.45, 2.75) is 32.2 Å². The highest BCUT2D eigenvalue weighted by molar-refractivity contribution is 5.85. The third kappa shape index (κ3) is 1.68. The summed E-state index contributed by atoms with van der Waals surface area (Å²) >= 11 is 0. The molecule has 2 heterocycles. The minimum Gasteiger partial charge on any atom is -0.356 e. The van der Waals surface area contributed by atoms with Crippen LogP contribution in [0, 0.1) is 0 Å². The Morgan fingerprint density at radius 2 is 2.10 bits per heavy atom. The highest BCUT2D eigenvalue weighted by Gasteiger charge is 2.21. The van der Waals surface area contributed by atoms with Crippen LogP contribution in [-0.4, -0.2) is 22.4 Å². The van der Waals surface area contributed by atoms with Crippen molar-refractivity contribution < 1.29 is 4.79 Å². The van der Waals surface area contributed by atoms with Gasteiger partial charge in [0.05, 0.1) is 0 Å². The van der Waals surface area contributed by atoms with Gasteiger partial charge in [-0.05, 0) is 42.9 Å². The Kier molecular flexibility index (Phi) is 2.62. The van der Waals surface area contributed by atoms with E-state index in [0.29, 0.717) is 5.69 Å². The molecule has 1 aromatic carbocycles. The molecular weight excluding hydrogens is 250 g/mol. The zero-order chi connectivity index (χ0) is 13.5. The smallest absolute Gasteiger partial charge is 0.203 e. The number of anilines is 1. The molecule has 102 valence electrons. The molecule has 4 heteroatoms. The number of carbonyl (C=O) groups excluding carboxylic acids is 1. The van der Waals surface area contributed by atoms with Crippen molar-refractivity contribution in [2.75, 3.05) is 11.9 Å². The van der Waals surface area contributed by atoms with Crippen LogP contribution in [-0.2, 0) is 19.4 Å². The van der Waals surface area contributed by atoms with Crippen molar-refractivity contribution in [2.24, 2.45) is 0 Å². The van der Waals surface area contributed by atoms with Crippen molar-refractivity contribution in [1.29, 1.82) is 0 Å². The van der Waals surface area contributed by atoms with Gasteiger partial charge in [0.2, 0.25) is 5.95 Å². The van der Waals surface area contributed by atoms with Crippen LogP contribution in [0.15, 0.2) is 18.2 Å². The summed E-state index contributed by atoms with van der Waals surface area (Å²) in [7, 11) is 0. The normalized spacial score (nSPS) is 16.4. The van der Waals surface area contributed by atoms with Gasteiger partial charge in [-0.3, -0.25) is 4.79 Å². The number of carbonyl (C=O) groups is 1. The lowest BCUT2D eigenvalue weighted by molar-refractivity contribution is 0.111. The lowest BCUT2D eigenvalue weighted by Gasteiger charge is -2.15. The summed E-state index contributed by atoms with van der Waals surface area (Å²) in [5, 5.41) is 3.27. The van der Waals surface area contributed by atoms with Crippen LogP contribution in [0.5, 0.6) is 0 Å². The van der Waals surface area contributed by atoms with Gasteiger partial charge in [-0.25, -0.2) is 4.98 Å². The highest BCUT2D eigenvalue weighted by Crippen LogP contribution is 2.31. The number of fused-ring (bicyclic) bond motifs is 2. The third-order valence-electron chi connectivity index (χ3n) is 4.33. The molecule has 20 heavy (non-hydrogen) atoms. The predicted octanol–water partition coefficient (Wildman–Crippen LogP) is 2.67. The zero-order valence-electron chi connectivity index (χ0n) is 11.4. The number of hydrogen-bond donors (Lipinski definition) is 1. The van der Waals surface area contributed by atoms with Crippen molar-refractivity contribution in [3.8, 4) is 11.3 Å². The molecule has 0 radical (unpaired) electrons. The second kappa shape index (κ2) is 4.47. The van der Waals surface area contributed by atoms with Gasteiger partial charge in [0.1, 0.15) is 11.4 Å². The Hall–Kier alpha value is -2.10. The van der Waals surface area contributed by atoms with E-state index in [1.165, 1.54) is 24.0 Å². The fourth-order valence-corrected chi connectivity index (χ4v) is 3.32. The van der Waals surface area contributed by atoms with E-state index in [9.17, 15) is 4.79 Å². The topological polar surface area (TPSA) is 46.9 Å². The largest absolute Gasteiger partial charge is 0.356 e. The monoisotopic (exact) mass is 267 g/mol. The summed E-state index contributed by atoms with van der Waals surface area (Å²) in [6.07, 6.45) is 5.53. The van der Waals surface area contributed by atoms with Crippen LogP contribution in [0.25, 0.3) is 11.3 Å². The Morgan fingerprint density at radius 3 is 3.00 bits per heavy atom. The van der Waals surface area contributed by atoms with Crippen LogP contribution < -0.4 is 5.32 Å². The molecule has 0 amide bonds. The number of nitrogens with zero attached hydrogens (tertiary/aromatic N) is 2. The maximum Gasteiger partial charge on any atom is 0.203 e. The molecule has 0 spiro atoms. The first-order chi connectivity index (χ1) is 9.86. The van der Waals surface area contributed by atoms with E-state index in [-0.39, 0.29) is 0 Å². The first-order valence-electron chi connectivity index (χ1n) is 7.28. The molecule has 1 aliphatic heterocycles. The van der Waals surface area contributed by atoms with Crippen molar-refractivity contribution >= 4 is 12.2 Å². The van der Waals surface area contributed by atoms with Crippen LogP contribution in [0.4, 0.5) is 5.95 Å². The maximum atomic E-state index is 11.5. The fourth-order valence-electron chi connectivity index (χ4n) is 3.32. The first kappa shape index (κ1) is 11.7. The maximum absolute atomic E-state index is 11.5. The second-order valence-electron chi connectivity index (χ2n) is 5.56. The summed E-state index contributed by atoms with van der Waals surface area (Å²) in [6, 6.07) is 6.51. The van der Waals surface area contributed by atoms with Crippen molar-refractivity contribution in [3.05, 3.63) is 35.0 Å². The molecule has 4 rings (SSSR count). The summed E-state index contributed by atoms with van der Waals surface area (Å²) < 4.78 is 2.00. The number of imidazole rings is 1. The molecule has 0 fully saturated rings. The molecule has 1 aliphatic carbocycles. The van der Waals surface area contributed by atoms with Crippen molar-refractivity contribution in [3.63, 3.8) is 0 Å². The van der Waals surface area contributed by atoms with Crippen LogP contribution in [0.2, 0.25) is 0 Å². The Labute approximate surface area is 117 Å². The van der Waals surface area contributed by atoms with E-state index in [2.05, 4.69) is 28.5 Å². The molecule has 1 N–H and O–H groups in total. The average molecular weight is 267 g/mol. The zero-order valence-corrected chi connectivity index (χ0v) is 11.4. The van der Waals surface area contributed by atoms with E-state index in [4.69, 9.17) is 0 Å². The first-order valence-corrected chi connectivity index (χ1v) is 7.28. The minimum absolute atomic E-state index is 0.699. The average Bonchev–Trinajstić information content (AvgIpc) is 3.10. The molecule has 0 bridgehead atoms. The SMILES string of the molecule is O=Cc1c(-c2ccc3c(c2)CCC3)nc2n1CCCN2. The van der Waals surface area contributed by atoms with E-state index in [0.717, 1.165) is 49.4 Å². The molecule has 2 aliphatic rings. The van der Waals surface area contributed by atoms with Crippen molar-refractivity contribution in [1.82, 2.24) is 9.55 Å². The summed E-state index contributed by atoms with van der Waals surface area (Å²) in [6.45, 7) is 1.80. The Morgan fingerprint density at radius 1 is 1.20 bits per heavy atom. The number of aromatic nitrogens is 2. The molecule has 4 nitrogen and oxygen atoms in total. The van der Waals surface area contributed by atoms with E-state index >= 15 is 0 Å². The number of aryl methyl sites for hydroxylation is 2. The lowest BCUT2D eigenvalue weighted by Crippen LogP contribution is -2.18. The fraction of sp³-hybridized carbons (Fsp3) is 0.375. The van der Waals surface area contributed by atoms with Gasteiger partial charge in [-0.2, -0.15) is 0 Å². The summed E-state index contributed by atoms with van der Waals surface area (Å²) in [4.78, 5) is 16.1. The number of aldehydes is 1. The van der Waals surface area contributed by atoms with Gasteiger partial charge in [0, 0.05) is 18.7 Å². The molecule has 0 atom stereocenters. The van der Waals surface area contributed by atoms with E-state index < -0.39 is 0 Å². The molecule has 1 aromatic heterocycles. The van der Waals surface area contributed by atoms with E-state index in [1.54, 1.807) is 0 Å². The lowest BCUT2D eigenvalue weighted by atomic mass is 10.0. The van der Waals surface area contributed by atoms with Gasteiger partial charge in [-0.1, -0.05) is 12.1 Å². The molecule has 0 saturated heterocycles. The quantitative estimate of drug-likeness (QED) is 0.851. The number of hydrogen-bond acceptors (Lipinski definition) is 3. The molecule has 0 unspecified atom stereocenters. The number of benzene rings is 1. The van der Waals surface area contributed by atoms with Gasteiger partial charge < -0.3 is 9.88 Å². The Balaban J connectivity index is 1.85.